The molecule has 0 radical (unpaired) electrons. The SMILES string of the molecule is O=S(=O)(Nc1cccc(CCCO)c1)c1cccc(Cl)c1. The van der Waals surface area contributed by atoms with Gasteiger partial charge in [0.15, 0.2) is 0 Å². The first-order valence-electron chi connectivity index (χ1n) is 6.49. The number of hydrogen-bond donors (Lipinski definition) is 2. The van der Waals surface area contributed by atoms with Crippen LogP contribution in [0.4, 0.5) is 5.69 Å². The molecule has 0 fully saturated rings. The quantitative estimate of drug-likeness (QED) is 0.857. The zero-order valence-electron chi connectivity index (χ0n) is 11.3. The summed E-state index contributed by atoms with van der Waals surface area (Å²) in [5, 5.41) is 9.20. The highest BCUT2D eigenvalue weighted by Crippen LogP contribution is 2.20. The molecule has 0 heterocycles. The molecule has 112 valence electrons. The van der Waals surface area contributed by atoms with Gasteiger partial charge in [-0.1, -0.05) is 29.8 Å². The third kappa shape index (κ3) is 4.46. The van der Waals surface area contributed by atoms with Crippen LogP contribution in [0, 0.1) is 0 Å². The molecule has 0 aliphatic heterocycles. The van der Waals surface area contributed by atoms with Gasteiger partial charge in [0.25, 0.3) is 10.0 Å². The number of halogens is 1. The van der Waals surface area contributed by atoms with E-state index >= 15 is 0 Å². The first-order valence-corrected chi connectivity index (χ1v) is 8.35. The minimum atomic E-state index is -3.66. The van der Waals surface area contributed by atoms with Gasteiger partial charge in [-0.3, -0.25) is 4.72 Å². The van der Waals surface area contributed by atoms with Crippen molar-refractivity contribution in [2.75, 3.05) is 11.3 Å². The molecule has 2 aromatic carbocycles. The maximum Gasteiger partial charge on any atom is 0.261 e. The van der Waals surface area contributed by atoms with E-state index in [0.29, 0.717) is 23.6 Å². The predicted octanol–water partition coefficient (Wildman–Crippen LogP) is 3.07. The van der Waals surface area contributed by atoms with E-state index in [-0.39, 0.29) is 11.5 Å². The Morgan fingerprint density at radius 2 is 1.86 bits per heavy atom. The zero-order valence-corrected chi connectivity index (χ0v) is 12.9. The predicted molar refractivity (Wildman–Crippen MR) is 84.1 cm³/mol. The smallest absolute Gasteiger partial charge is 0.261 e. The minimum Gasteiger partial charge on any atom is -0.396 e. The van der Waals surface area contributed by atoms with Gasteiger partial charge < -0.3 is 5.11 Å². The number of sulfonamides is 1. The highest BCUT2D eigenvalue weighted by atomic mass is 35.5. The summed E-state index contributed by atoms with van der Waals surface area (Å²) in [6.45, 7) is 0.110. The van der Waals surface area contributed by atoms with E-state index in [1.807, 2.05) is 6.07 Å². The Balaban J connectivity index is 2.20. The normalized spacial score (nSPS) is 11.3. The lowest BCUT2D eigenvalue weighted by Gasteiger charge is -2.09. The summed E-state index contributed by atoms with van der Waals surface area (Å²) in [6, 6.07) is 13.2. The van der Waals surface area contributed by atoms with Crippen molar-refractivity contribution >= 4 is 27.3 Å². The largest absolute Gasteiger partial charge is 0.396 e. The third-order valence-corrected chi connectivity index (χ3v) is 4.52. The van der Waals surface area contributed by atoms with E-state index in [1.165, 1.54) is 12.1 Å². The van der Waals surface area contributed by atoms with Gasteiger partial charge in [-0.05, 0) is 48.7 Å². The summed E-state index contributed by atoms with van der Waals surface area (Å²) in [7, 11) is -3.66. The van der Waals surface area contributed by atoms with Crippen molar-refractivity contribution in [1.82, 2.24) is 0 Å². The molecule has 21 heavy (non-hydrogen) atoms. The van der Waals surface area contributed by atoms with E-state index in [9.17, 15) is 8.42 Å². The van der Waals surface area contributed by atoms with Gasteiger partial charge in [0.2, 0.25) is 0 Å². The van der Waals surface area contributed by atoms with Crippen LogP contribution in [0.5, 0.6) is 0 Å². The van der Waals surface area contributed by atoms with Crippen LogP contribution in [0.2, 0.25) is 5.02 Å². The van der Waals surface area contributed by atoms with Gasteiger partial charge >= 0.3 is 0 Å². The number of aliphatic hydroxyl groups is 1. The van der Waals surface area contributed by atoms with E-state index in [1.54, 1.807) is 30.3 Å². The van der Waals surface area contributed by atoms with Gasteiger partial charge in [-0.25, -0.2) is 8.42 Å². The molecule has 0 unspecified atom stereocenters. The lowest BCUT2D eigenvalue weighted by atomic mass is 10.1. The lowest BCUT2D eigenvalue weighted by molar-refractivity contribution is 0.288. The maximum absolute atomic E-state index is 12.3. The summed E-state index contributed by atoms with van der Waals surface area (Å²) in [4.78, 5) is 0.121. The Hall–Kier alpha value is -1.56. The van der Waals surface area contributed by atoms with Crippen molar-refractivity contribution in [2.24, 2.45) is 0 Å². The molecule has 0 saturated heterocycles. The van der Waals surface area contributed by atoms with Gasteiger partial charge in [0, 0.05) is 17.3 Å². The number of nitrogens with one attached hydrogen (secondary N) is 1. The van der Waals surface area contributed by atoms with Crippen molar-refractivity contribution in [3.63, 3.8) is 0 Å². The Kier molecular flexibility index (Phi) is 5.22. The second-order valence-electron chi connectivity index (χ2n) is 4.59. The fraction of sp³-hybridized carbons (Fsp3) is 0.200. The molecule has 0 amide bonds. The summed E-state index contributed by atoms with van der Waals surface area (Å²) < 4.78 is 27.1. The average molecular weight is 326 g/mol. The maximum atomic E-state index is 12.3. The molecule has 2 N–H and O–H groups in total. The molecule has 2 aromatic rings. The van der Waals surface area contributed by atoms with E-state index in [4.69, 9.17) is 16.7 Å². The zero-order chi connectivity index (χ0) is 15.3. The van der Waals surface area contributed by atoms with Crippen LogP contribution in [0.25, 0.3) is 0 Å². The highest BCUT2D eigenvalue weighted by Gasteiger charge is 2.14. The standard InChI is InChI=1S/C15H16ClNO3S/c16-13-6-2-8-15(11-13)21(19,20)17-14-7-1-4-12(10-14)5-3-9-18/h1-2,4,6-8,10-11,17-18H,3,5,9H2. The van der Waals surface area contributed by atoms with Crippen LogP contribution in [-0.4, -0.2) is 20.1 Å². The molecule has 0 bridgehead atoms. The number of benzene rings is 2. The number of anilines is 1. The topological polar surface area (TPSA) is 66.4 Å². The van der Waals surface area contributed by atoms with Crippen molar-refractivity contribution < 1.29 is 13.5 Å². The van der Waals surface area contributed by atoms with Gasteiger partial charge in [0.05, 0.1) is 4.90 Å². The monoisotopic (exact) mass is 325 g/mol. The van der Waals surface area contributed by atoms with E-state index in [2.05, 4.69) is 4.72 Å². The first kappa shape index (κ1) is 15.8. The van der Waals surface area contributed by atoms with Crippen LogP contribution in [0.1, 0.15) is 12.0 Å². The second-order valence-corrected chi connectivity index (χ2v) is 6.71. The fourth-order valence-electron chi connectivity index (χ4n) is 1.92. The molecule has 0 saturated carbocycles. The van der Waals surface area contributed by atoms with Gasteiger partial charge in [-0.15, -0.1) is 0 Å². The summed E-state index contributed by atoms with van der Waals surface area (Å²) in [5.41, 5.74) is 1.46. The van der Waals surface area contributed by atoms with Crippen LogP contribution in [-0.2, 0) is 16.4 Å². The summed E-state index contributed by atoms with van der Waals surface area (Å²) in [5.74, 6) is 0. The van der Waals surface area contributed by atoms with Gasteiger partial charge in [-0.2, -0.15) is 0 Å². The Morgan fingerprint density at radius 1 is 1.10 bits per heavy atom. The minimum absolute atomic E-state index is 0.110. The van der Waals surface area contributed by atoms with Crippen molar-refractivity contribution in [2.45, 2.75) is 17.7 Å². The Morgan fingerprint density at radius 3 is 2.57 bits per heavy atom. The van der Waals surface area contributed by atoms with Crippen molar-refractivity contribution in [3.05, 3.63) is 59.1 Å². The lowest BCUT2D eigenvalue weighted by Crippen LogP contribution is -2.13. The van der Waals surface area contributed by atoms with E-state index in [0.717, 1.165) is 5.56 Å². The van der Waals surface area contributed by atoms with Gasteiger partial charge in [0.1, 0.15) is 0 Å². The van der Waals surface area contributed by atoms with Crippen LogP contribution in [0.15, 0.2) is 53.4 Å². The van der Waals surface area contributed by atoms with Crippen LogP contribution < -0.4 is 4.72 Å². The van der Waals surface area contributed by atoms with Crippen LogP contribution >= 0.6 is 11.6 Å². The molecule has 0 spiro atoms. The molecule has 0 aromatic heterocycles. The Bertz CT molecular complexity index is 716. The molecular formula is C15H16ClNO3S. The second kappa shape index (κ2) is 6.93. The molecule has 6 heteroatoms. The summed E-state index contributed by atoms with van der Waals surface area (Å²) in [6.07, 6.45) is 1.34. The molecule has 4 nitrogen and oxygen atoms in total. The first-order chi connectivity index (χ1) is 10.0. The number of aliphatic hydroxyl groups excluding tert-OH is 1. The fourth-order valence-corrected chi connectivity index (χ4v) is 3.27. The molecule has 0 atom stereocenters. The number of hydrogen-bond acceptors (Lipinski definition) is 3. The molecule has 0 aliphatic rings. The van der Waals surface area contributed by atoms with Crippen LogP contribution in [0.3, 0.4) is 0 Å². The van der Waals surface area contributed by atoms with Crippen molar-refractivity contribution in [3.8, 4) is 0 Å². The number of aryl methyl sites for hydroxylation is 1. The van der Waals surface area contributed by atoms with Crippen molar-refractivity contribution in [1.29, 1.82) is 0 Å². The number of rotatable bonds is 6. The van der Waals surface area contributed by atoms with E-state index < -0.39 is 10.0 Å². The Labute approximate surface area is 129 Å². The molecule has 2 rings (SSSR count). The molecule has 0 aliphatic carbocycles. The molecular weight excluding hydrogens is 310 g/mol. The third-order valence-electron chi connectivity index (χ3n) is 2.91. The summed E-state index contributed by atoms with van der Waals surface area (Å²) >= 11 is 5.82. The highest BCUT2D eigenvalue weighted by molar-refractivity contribution is 7.92. The average Bonchev–Trinajstić information content (AvgIpc) is 2.45.